The maximum Gasteiger partial charge on any atom is -0.0159 e. The molecule has 0 aromatic heterocycles. The van der Waals surface area contributed by atoms with Gasteiger partial charge in [0.2, 0.25) is 0 Å². The number of aryl methyl sites for hydroxylation is 2. The van der Waals surface area contributed by atoms with Gasteiger partial charge in [-0.2, -0.15) is 0 Å². The van der Waals surface area contributed by atoms with Crippen molar-refractivity contribution >= 4 is 0 Å². The van der Waals surface area contributed by atoms with Crippen molar-refractivity contribution in [1.29, 1.82) is 0 Å². The zero-order valence-electron chi connectivity index (χ0n) is 11.3. The summed E-state index contributed by atoms with van der Waals surface area (Å²) >= 11 is 0. The standard InChI is InChI=1S/C17H24/c1-3-5-15-11-17(14-8-9-14)16(10-12(15)2)13-6-4-7-13/h10-11,13-14H,3-9H2,1-2H3. The van der Waals surface area contributed by atoms with Crippen LogP contribution in [0.2, 0.25) is 0 Å². The first-order valence-corrected chi connectivity index (χ1v) is 7.43. The summed E-state index contributed by atoms with van der Waals surface area (Å²) in [4.78, 5) is 0. The van der Waals surface area contributed by atoms with E-state index in [0.717, 1.165) is 11.8 Å². The van der Waals surface area contributed by atoms with Gasteiger partial charge in [0.25, 0.3) is 0 Å². The van der Waals surface area contributed by atoms with Gasteiger partial charge in [-0.1, -0.05) is 31.9 Å². The Balaban J connectivity index is 1.98. The van der Waals surface area contributed by atoms with Crippen molar-refractivity contribution in [1.82, 2.24) is 0 Å². The molecule has 0 aliphatic heterocycles. The molecule has 2 saturated carbocycles. The third kappa shape index (κ3) is 2.14. The highest BCUT2D eigenvalue weighted by atomic mass is 14.4. The molecule has 0 unspecified atom stereocenters. The number of rotatable bonds is 4. The quantitative estimate of drug-likeness (QED) is 0.673. The fraction of sp³-hybridized carbons (Fsp3) is 0.647. The minimum atomic E-state index is 0.903. The second kappa shape index (κ2) is 4.48. The molecule has 1 aromatic rings. The van der Waals surface area contributed by atoms with Crippen LogP contribution in [0.25, 0.3) is 0 Å². The first kappa shape index (κ1) is 11.3. The van der Waals surface area contributed by atoms with Crippen LogP contribution in [0.4, 0.5) is 0 Å². The van der Waals surface area contributed by atoms with Gasteiger partial charge in [0.05, 0.1) is 0 Å². The molecule has 0 bridgehead atoms. The Kier molecular flexibility index (Phi) is 2.98. The summed E-state index contributed by atoms with van der Waals surface area (Å²) in [5, 5.41) is 0. The minimum Gasteiger partial charge on any atom is -0.0651 e. The molecule has 0 amide bonds. The van der Waals surface area contributed by atoms with Gasteiger partial charge in [-0.15, -0.1) is 0 Å². The Hall–Kier alpha value is -0.780. The first-order chi connectivity index (χ1) is 8.29. The molecule has 0 saturated heterocycles. The molecular formula is C17H24. The van der Waals surface area contributed by atoms with Crippen molar-refractivity contribution in [2.75, 3.05) is 0 Å². The highest BCUT2D eigenvalue weighted by molar-refractivity contribution is 5.44. The molecule has 1 aromatic carbocycles. The van der Waals surface area contributed by atoms with Crippen LogP contribution in [0.15, 0.2) is 12.1 Å². The van der Waals surface area contributed by atoms with Crippen LogP contribution in [0.1, 0.15) is 79.5 Å². The summed E-state index contributed by atoms with van der Waals surface area (Å²) in [6.07, 6.45) is 9.73. The van der Waals surface area contributed by atoms with Crippen molar-refractivity contribution in [2.24, 2.45) is 0 Å². The number of hydrogen-bond donors (Lipinski definition) is 0. The smallest absolute Gasteiger partial charge is 0.0159 e. The highest BCUT2D eigenvalue weighted by Crippen LogP contribution is 2.48. The molecule has 3 rings (SSSR count). The van der Waals surface area contributed by atoms with Gasteiger partial charge in [-0.3, -0.25) is 0 Å². The lowest BCUT2D eigenvalue weighted by atomic mass is 9.76. The SMILES string of the molecule is CCCc1cc(C2CC2)c(C2CCC2)cc1C. The molecule has 2 aliphatic carbocycles. The summed E-state index contributed by atoms with van der Waals surface area (Å²) in [7, 11) is 0. The van der Waals surface area contributed by atoms with E-state index >= 15 is 0 Å². The Morgan fingerprint density at radius 2 is 1.65 bits per heavy atom. The van der Waals surface area contributed by atoms with Gasteiger partial charge in [0.1, 0.15) is 0 Å². The van der Waals surface area contributed by atoms with Crippen LogP contribution in [-0.2, 0) is 6.42 Å². The second-order valence-corrected chi connectivity index (χ2v) is 6.06. The average molecular weight is 228 g/mol. The maximum atomic E-state index is 2.56. The van der Waals surface area contributed by atoms with E-state index in [0.29, 0.717) is 0 Å². The van der Waals surface area contributed by atoms with E-state index in [1.165, 1.54) is 50.5 Å². The largest absolute Gasteiger partial charge is 0.0651 e. The van der Waals surface area contributed by atoms with E-state index in [9.17, 15) is 0 Å². The first-order valence-electron chi connectivity index (χ1n) is 7.43. The predicted molar refractivity (Wildman–Crippen MR) is 73.7 cm³/mol. The molecule has 0 N–H and O–H groups in total. The Labute approximate surface area is 105 Å². The molecule has 2 fully saturated rings. The fourth-order valence-corrected chi connectivity index (χ4v) is 3.15. The molecule has 0 atom stereocenters. The van der Waals surface area contributed by atoms with Gasteiger partial charge >= 0.3 is 0 Å². The lowest BCUT2D eigenvalue weighted by Gasteiger charge is -2.29. The topological polar surface area (TPSA) is 0 Å². The summed E-state index contributed by atoms with van der Waals surface area (Å²) in [5.41, 5.74) is 6.59. The van der Waals surface area contributed by atoms with Crippen LogP contribution >= 0.6 is 0 Å². The predicted octanol–water partition coefficient (Wildman–Crippen LogP) is 5.09. The van der Waals surface area contributed by atoms with E-state index in [2.05, 4.69) is 26.0 Å². The van der Waals surface area contributed by atoms with E-state index < -0.39 is 0 Å². The lowest BCUT2D eigenvalue weighted by Crippen LogP contribution is -2.12. The fourth-order valence-electron chi connectivity index (χ4n) is 3.15. The minimum absolute atomic E-state index is 0.903. The second-order valence-electron chi connectivity index (χ2n) is 6.06. The van der Waals surface area contributed by atoms with E-state index in [-0.39, 0.29) is 0 Å². The van der Waals surface area contributed by atoms with Gasteiger partial charge in [0.15, 0.2) is 0 Å². The maximum absolute atomic E-state index is 2.56. The van der Waals surface area contributed by atoms with Crippen LogP contribution in [-0.4, -0.2) is 0 Å². The molecule has 0 heterocycles. The van der Waals surface area contributed by atoms with Gasteiger partial charge in [0, 0.05) is 0 Å². The van der Waals surface area contributed by atoms with Crippen LogP contribution in [0, 0.1) is 6.92 Å². The Morgan fingerprint density at radius 3 is 2.18 bits per heavy atom. The Bertz CT molecular complexity index is 408. The number of hydrogen-bond acceptors (Lipinski definition) is 0. The monoisotopic (exact) mass is 228 g/mol. The molecular weight excluding hydrogens is 204 g/mol. The molecule has 17 heavy (non-hydrogen) atoms. The summed E-state index contributed by atoms with van der Waals surface area (Å²) in [6, 6.07) is 5.09. The van der Waals surface area contributed by atoms with Crippen molar-refractivity contribution < 1.29 is 0 Å². The third-order valence-corrected chi connectivity index (χ3v) is 4.62. The van der Waals surface area contributed by atoms with Crippen molar-refractivity contribution in [3.63, 3.8) is 0 Å². The normalized spacial score (nSPS) is 20.4. The number of benzene rings is 1. The van der Waals surface area contributed by atoms with Gasteiger partial charge in [-0.05, 0) is 73.1 Å². The zero-order valence-corrected chi connectivity index (χ0v) is 11.3. The summed E-state index contributed by atoms with van der Waals surface area (Å²) in [6.45, 7) is 4.60. The molecule has 0 nitrogen and oxygen atoms in total. The summed E-state index contributed by atoms with van der Waals surface area (Å²) in [5.74, 6) is 1.82. The highest BCUT2D eigenvalue weighted by Gasteiger charge is 2.31. The van der Waals surface area contributed by atoms with E-state index in [1.54, 1.807) is 16.7 Å². The molecule has 0 radical (unpaired) electrons. The van der Waals surface area contributed by atoms with Crippen LogP contribution < -0.4 is 0 Å². The third-order valence-electron chi connectivity index (χ3n) is 4.62. The van der Waals surface area contributed by atoms with Crippen molar-refractivity contribution in [3.05, 3.63) is 34.4 Å². The van der Waals surface area contributed by atoms with Crippen molar-refractivity contribution in [2.45, 2.75) is 70.6 Å². The van der Waals surface area contributed by atoms with Gasteiger partial charge in [-0.25, -0.2) is 0 Å². The van der Waals surface area contributed by atoms with E-state index in [1.807, 2.05) is 0 Å². The van der Waals surface area contributed by atoms with Crippen molar-refractivity contribution in [3.8, 4) is 0 Å². The molecule has 0 spiro atoms. The van der Waals surface area contributed by atoms with Gasteiger partial charge < -0.3 is 0 Å². The van der Waals surface area contributed by atoms with E-state index in [4.69, 9.17) is 0 Å². The summed E-state index contributed by atoms with van der Waals surface area (Å²) < 4.78 is 0. The molecule has 2 aliphatic rings. The molecule has 92 valence electrons. The zero-order chi connectivity index (χ0) is 11.8. The van der Waals surface area contributed by atoms with Crippen LogP contribution in [0.3, 0.4) is 0 Å². The Morgan fingerprint density at radius 1 is 1.00 bits per heavy atom. The average Bonchev–Trinajstić information content (AvgIpc) is 3.03. The molecule has 0 heteroatoms. The lowest BCUT2D eigenvalue weighted by molar-refractivity contribution is 0.417. The van der Waals surface area contributed by atoms with Crippen LogP contribution in [0.5, 0.6) is 0 Å².